The van der Waals surface area contributed by atoms with E-state index in [0.29, 0.717) is 6.04 Å². The number of ether oxygens (including phenoxy) is 1. The van der Waals surface area contributed by atoms with Crippen LogP contribution in [0.5, 0.6) is 0 Å². The first-order chi connectivity index (χ1) is 8.11. The molecule has 18 heavy (non-hydrogen) atoms. The minimum atomic E-state index is -4.69. The SMILES string of the molecule is COC1=NC(C)C/C(C)=C\C(C)=C/1.[O-][Cl+3]([O-])([O-])O. The van der Waals surface area contributed by atoms with Crippen LogP contribution in [0.3, 0.4) is 0 Å². The predicted octanol–water partition coefficient (Wildman–Crippen LogP) is -1.41. The highest BCUT2D eigenvalue weighted by atomic mass is 35.7. The van der Waals surface area contributed by atoms with E-state index in [-0.39, 0.29) is 0 Å². The summed E-state index contributed by atoms with van der Waals surface area (Å²) in [7, 11) is -3.03. The third-order valence-corrected chi connectivity index (χ3v) is 2.00. The lowest BCUT2D eigenvalue weighted by Gasteiger charge is -2.12. The quantitative estimate of drug-likeness (QED) is 0.586. The molecular weight excluding hydrogens is 262 g/mol. The van der Waals surface area contributed by atoms with E-state index in [1.54, 1.807) is 7.11 Å². The topological polar surface area (TPSA) is 111 Å². The van der Waals surface area contributed by atoms with Crippen molar-refractivity contribution in [3.05, 3.63) is 23.3 Å². The van der Waals surface area contributed by atoms with Crippen molar-refractivity contribution in [1.29, 1.82) is 0 Å². The van der Waals surface area contributed by atoms with Crippen LogP contribution in [0.2, 0.25) is 0 Å². The molecule has 0 saturated heterocycles. The number of methoxy groups -OCH3 is 1. The van der Waals surface area contributed by atoms with Crippen LogP contribution in [-0.4, -0.2) is 23.7 Å². The summed E-state index contributed by atoms with van der Waals surface area (Å²) in [6.45, 7) is 6.31. The highest BCUT2D eigenvalue weighted by molar-refractivity contribution is 5.89. The Labute approximate surface area is 109 Å². The molecule has 0 amide bonds. The van der Waals surface area contributed by atoms with E-state index in [1.165, 1.54) is 11.1 Å². The molecular formula is C11H18ClNO5. The van der Waals surface area contributed by atoms with Crippen LogP contribution in [0, 0.1) is 10.2 Å². The van der Waals surface area contributed by atoms with E-state index in [9.17, 15) is 0 Å². The van der Waals surface area contributed by atoms with Crippen molar-refractivity contribution in [3.8, 4) is 0 Å². The van der Waals surface area contributed by atoms with Crippen molar-refractivity contribution in [2.45, 2.75) is 33.2 Å². The van der Waals surface area contributed by atoms with Crippen LogP contribution in [0.25, 0.3) is 0 Å². The molecule has 1 aliphatic heterocycles. The van der Waals surface area contributed by atoms with E-state index in [1.807, 2.05) is 6.08 Å². The third kappa shape index (κ3) is 10.2. The van der Waals surface area contributed by atoms with Gasteiger partial charge in [0, 0.05) is 6.08 Å². The molecule has 1 unspecified atom stereocenters. The Morgan fingerprint density at radius 3 is 2.28 bits per heavy atom. The maximum Gasteiger partial charge on any atom is 0.208 e. The summed E-state index contributed by atoms with van der Waals surface area (Å²) in [6.07, 6.45) is 5.17. The van der Waals surface area contributed by atoms with Crippen molar-refractivity contribution in [3.63, 3.8) is 0 Å². The first-order valence-corrected chi connectivity index (χ1v) is 6.48. The van der Waals surface area contributed by atoms with Gasteiger partial charge in [0.05, 0.1) is 28.1 Å². The number of rotatable bonds is 0. The maximum absolute atomic E-state index is 8.60. The van der Waals surface area contributed by atoms with Gasteiger partial charge in [0.1, 0.15) is 0 Å². The lowest BCUT2D eigenvalue weighted by atomic mass is 10.1. The van der Waals surface area contributed by atoms with E-state index >= 15 is 0 Å². The lowest BCUT2D eigenvalue weighted by Crippen LogP contribution is -2.58. The number of hydrogen-bond acceptors (Lipinski definition) is 6. The summed E-state index contributed by atoms with van der Waals surface area (Å²) in [5.74, 6) is 0.730. The van der Waals surface area contributed by atoms with E-state index in [2.05, 4.69) is 31.8 Å². The highest BCUT2D eigenvalue weighted by Crippen LogP contribution is 2.14. The normalized spacial score (nSPS) is 26.2. The van der Waals surface area contributed by atoms with Gasteiger partial charge in [-0.25, -0.2) is 4.99 Å². The van der Waals surface area contributed by atoms with Crippen molar-refractivity contribution in [2.75, 3.05) is 7.11 Å². The zero-order chi connectivity index (χ0) is 14.3. The van der Waals surface area contributed by atoms with Gasteiger partial charge in [-0.1, -0.05) is 11.6 Å². The molecule has 6 nitrogen and oxygen atoms in total. The van der Waals surface area contributed by atoms with Crippen LogP contribution in [-0.2, 0) is 4.74 Å². The van der Waals surface area contributed by atoms with Crippen LogP contribution < -0.4 is 14.0 Å². The van der Waals surface area contributed by atoms with Gasteiger partial charge in [0.25, 0.3) is 0 Å². The molecule has 0 aromatic rings. The summed E-state index contributed by atoms with van der Waals surface area (Å²) < 4.78 is 37.9. The number of halogens is 1. The molecule has 1 heterocycles. The lowest BCUT2D eigenvalue weighted by molar-refractivity contribution is -1.92. The predicted molar refractivity (Wildman–Crippen MR) is 58.3 cm³/mol. The molecule has 0 bridgehead atoms. The van der Waals surface area contributed by atoms with Crippen molar-refractivity contribution >= 4 is 5.90 Å². The first kappa shape index (κ1) is 17.1. The summed E-state index contributed by atoms with van der Waals surface area (Å²) in [6, 6.07) is 0.315. The second kappa shape index (κ2) is 7.50. The fourth-order valence-corrected chi connectivity index (χ4v) is 1.56. The molecule has 1 aliphatic rings. The molecule has 0 spiro atoms. The van der Waals surface area contributed by atoms with Gasteiger partial charge in [0.15, 0.2) is 0 Å². The zero-order valence-corrected chi connectivity index (χ0v) is 11.6. The van der Waals surface area contributed by atoms with E-state index < -0.39 is 10.2 Å². The van der Waals surface area contributed by atoms with E-state index in [4.69, 9.17) is 23.4 Å². The number of hydrogen-bond donors (Lipinski definition) is 1. The summed E-state index contributed by atoms with van der Waals surface area (Å²) in [4.78, 5) is 4.43. The summed E-state index contributed by atoms with van der Waals surface area (Å²) in [5, 5.41) is 0. The largest absolute Gasteiger partial charge is 0.481 e. The van der Waals surface area contributed by atoms with Crippen LogP contribution in [0.1, 0.15) is 27.2 Å². The second-order valence-electron chi connectivity index (χ2n) is 4.00. The molecule has 1 atom stereocenters. The first-order valence-electron chi connectivity index (χ1n) is 5.22. The molecule has 0 aliphatic carbocycles. The molecule has 0 fully saturated rings. The Morgan fingerprint density at radius 2 is 1.83 bits per heavy atom. The van der Waals surface area contributed by atoms with E-state index in [0.717, 1.165) is 12.3 Å². The smallest absolute Gasteiger partial charge is 0.208 e. The fourth-order valence-electron chi connectivity index (χ4n) is 1.56. The molecule has 0 saturated carbocycles. The van der Waals surface area contributed by atoms with Crippen LogP contribution in [0.15, 0.2) is 28.3 Å². The Bertz CT molecular complexity index is 351. The number of allylic oxidation sites excluding steroid dienone is 2. The highest BCUT2D eigenvalue weighted by Gasteiger charge is 2.06. The van der Waals surface area contributed by atoms with Crippen molar-refractivity contribution in [1.82, 2.24) is 0 Å². The summed E-state index contributed by atoms with van der Waals surface area (Å²) >= 11 is 0. The average Bonchev–Trinajstić information content (AvgIpc) is 2.10. The van der Waals surface area contributed by atoms with Crippen molar-refractivity contribution < 1.29 is 33.6 Å². The molecule has 104 valence electrons. The third-order valence-electron chi connectivity index (χ3n) is 2.00. The van der Waals surface area contributed by atoms with Gasteiger partial charge in [0.2, 0.25) is 5.90 Å². The fraction of sp³-hybridized carbons (Fsp3) is 0.545. The molecule has 1 rings (SSSR count). The van der Waals surface area contributed by atoms with Crippen LogP contribution >= 0.6 is 0 Å². The minimum Gasteiger partial charge on any atom is -0.481 e. The Hall–Kier alpha value is -0.920. The van der Waals surface area contributed by atoms with Gasteiger partial charge < -0.3 is 4.74 Å². The standard InChI is InChI=1S/C11H17NO.ClHO4/c1-8-5-9(2)7-11(13-4)12-10(3)6-8;2-1(3,4)5/h5,7,10H,6H2,1-4H3;(H,2,3,4,5)/b8-5-,9-7-,12-11?;. The maximum atomic E-state index is 8.60. The number of aliphatic imine (C=N–C) groups is 1. The van der Waals surface area contributed by atoms with Crippen molar-refractivity contribution in [2.24, 2.45) is 4.99 Å². The second-order valence-corrected chi connectivity index (χ2v) is 4.79. The van der Waals surface area contributed by atoms with Gasteiger partial charge in [-0.3, -0.25) is 0 Å². The van der Waals surface area contributed by atoms with Gasteiger partial charge in [-0.05, 0) is 32.8 Å². The Morgan fingerprint density at radius 1 is 1.33 bits per heavy atom. The van der Waals surface area contributed by atoms with Gasteiger partial charge in [-0.15, -0.1) is 0 Å². The van der Waals surface area contributed by atoms with Crippen LogP contribution in [0.4, 0.5) is 0 Å². The van der Waals surface area contributed by atoms with Gasteiger partial charge in [-0.2, -0.15) is 14.0 Å². The monoisotopic (exact) mass is 279 g/mol. The molecule has 0 radical (unpaired) electrons. The van der Waals surface area contributed by atoms with Gasteiger partial charge >= 0.3 is 0 Å². The molecule has 7 heteroatoms. The molecule has 1 N–H and O–H groups in total. The summed E-state index contributed by atoms with van der Waals surface area (Å²) in [5.41, 5.74) is 2.57. The minimum absolute atomic E-state index is 0.315. The number of nitrogens with zero attached hydrogens (tertiary/aromatic N) is 1. The Balaban J connectivity index is 0.000000494. The molecule has 0 aromatic heterocycles. The average molecular weight is 280 g/mol. The Kier molecular flexibility index (Phi) is 7.12. The molecule has 0 aromatic carbocycles. The zero-order valence-electron chi connectivity index (χ0n) is 10.8.